The van der Waals surface area contributed by atoms with Crippen molar-refractivity contribution in [2.45, 2.75) is 0 Å². The molecule has 0 amide bonds. The van der Waals surface area contributed by atoms with Gasteiger partial charge in [0.1, 0.15) is 5.82 Å². The van der Waals surface area contributed by atoms with Crippen LogP contribution in [0, 0.1) is 0 Å². The van der Waals surface area contributed by atoms with Crippen LogP contribution in [0.1, 0.15) is 5.69 Å². The van der Waals surface area contributed by atoms with Crippen LogP contribution in [0.3, 0.4) is 0 Å². The van der Waals surface area contributed by atoms with Gasteiger partial charge in [0, 0.05) is 0 Å². The SMILES string of the molecule is C1=CC2=NN=Cc3cccc(n3)NN=CC3=CC=CC(=NN=CC(=C1)N2)N3. The average molecular weight is 357 g/mol. The fourth-order valence-electron chi connectivity index (χ4n) is 2.27. The number of fused-ring (bicyclic) bond motifs is 6. The van der Waals surface area contributed by atoms with E-state index < -0.39 is 0 Å². The number of hydrogen-bond acceptors (Lipinski definition) is 9. The molecule has 0 spiro atoms. The molecule has 1 aromatic heterocycles. The topological polar surface area (TPSA) is 111 Å². The number of aromatic nitrogens is 1. The fraction of sp³-hybridized carbons (Fsp3) is 0. The molecule has 4 heterocycles. The van der Waals surface area contributed by atoms with Gasteiger partial charge in [-0.15, -0.1) is 10.2 Å². The minimum absolute atomic E-state index is 0.587. The third kappa shape index (κ3) is 4.48. The van der Waals surface area contributed by atoms with E-state index in [1.54, 1.807) is 18.6 Å². The first-order valence-electron chi connectivity index (χ1n) is 8.14. The van der Waals surface area contributed by atoms with E-state index in [0.29, 0.717) is 23.2 Å². The van der Waals surface area contributed by atoms with Gasteiger partial charge in [-0.2, -0.15) is 15.3 Å². The van der Waals surface area contributed by atoms with Crippen LogP contribution in [0.2, 0.25) is 0 Å². The van der Waals surface area contributed by atoms with Crippen LogP contribution in [0.15, 0.2) is 91.6 Å². The van der Waals surface area contributed by atoms with Crippen LogP contribution in [0.25, 0.3) is 0 Å². The molecule has 0 saturated heterocycles. The number of nitrogens with one attached hydrogen (secondary N) is 3. The second kappa shape index (κ2) is 7.83. The van der Waals surface area contributed by atoms with Crippen molar-refractivity contribution in [2.75, 3.05) is 5.43 Å². The van der Waals surface area contributed by atoms with Gasteiger partial charge in [-0.3, -0.25) is 5.43 Å². The molecule has 9 nitrogen and oxygen atoms in total. The number of rotatable bonds is 0. The van der Waals surface area contributed by atoms with Gasteiger partial charge in [0.15, 0.2) is 11.7 Å². The van der Waals surface area contributed by atoms with Gasteiger partial charge in [0.25, 0.3) is 0 Å². The lowest BCUT2D eigenvalue weighted by atomic mass is 10.3. The molecular formula is C18H15N9. The summed E-state index contributed by atoms with van der Waals surface area (Å²) in [6, 6.07) is 5.50. The molecule has 132 valence electrons. The van der Waals surface area contributed by atoms with Crippen molar-refractivity contribution in [3.63, 3.8) is 0 Å². The molecule has 3 aliphatic rings. The lowest BCUT2D eigenvalue weighted by Gasteiger charge is -2.10. The molecule has 6 bridgehead atoms. The summed E-state index contributed by atoms with van der Waals surface area (Å²) in [6.45, 7) is 0. The van der Waals surface area contributed by atoms with Crippen LogP contribution < -0.4 is 16.1 Å². The maximum absolute atomic E-state index is 4.40. The Morgan fingerprint density at radius 2 is 1.44 bits per heavy atom. The van der Waals surface area contributed by atoms with Crippen molar-refractivity contribution in [3.8, 4) is 0 Å². The standard InChI is InChI=1S/C18H15N9/c1-4-13-10-19-26-17-8-3-6-15(24-17)12-21-27-18-9-2-5-14(23-18)11-20-25-16(7-1)22-13/h1-12H,(H,22,25)(H,24,26)(H,23,27). The van der Waals surface area contributed by atoms with E-state index in [-0.39, 0.29) is 0 Å². The molecule has 0 unspecified atom stereocenters. The molecule has 0 aliphatic carbocycles. The van der Waals surface area contributed by atoms with E-state index in [2.05, 4.69) is 46.6 Å². The largest absolute Gasteiger partial charge is 0.337 e. The van der Waals surface area contributed by atoms with E-state index in [1.165, 1.54) is 0 Å². The second-order valence-electron chi connectivity index (χ2n) is 5.49. The van der Waals surface area contributed by atoms with Crippen LogP contribution in [-0.2, 0) is 0 Å². The van der Waals surface area contributed by atoms with Gasteiger partial charge in [-0.1, -0.05) is 18.2 Å². The quantitative estimate of drug-likeness (QED) is 0.656. The Hall–Kier alpha value is -4.14. The van der Waals surface area contributed by atoms with E-state index >= 15 is 0 Å². The zero-order valence-electron chi connectivity index (χ0n) is 14.1. The summed E-state index contributed by atoms with van der Waals surface area (Å²) in [5.41, 5.74) is 5.06. The molecule has 3 aliphatic heterocycles. The van der Waals surface area contributed by atoms with Crippen molar-refractivity contribution in [1.82, 2.24) is 15.6 Å². The lowest BCUT2D eigenvalue weighted by Crippen LogP contribution is -2.24. The number of anilines is 1. The summed E-state index contributed by atoms with van der Waals surface area (Å²) in [5, 5.41) is 26.9. The number of pyridine rings is 1. The molecule has 0 atom stereocenters. The Kier molecular flexibility index (Phi) is 4.74. The van der Waals surface area contributed by atoms with Gasteiger partial charge >= 0.3 is 0 Å². The summed E-state index contributed by atoms with van der Waals surface area (Å²) in [4.78, 5) is 4.40. The molecule has 1 aromatic rings. The summed E-state index contributed by atoms with van der Waals surface area (Å²) < 4.78 is 0. The summed E-state index contributed by atoms with van der Waals surface area (Å²) in [7, 11) is 0. The van der Waals surface area contributed by atoms with E-state index in [1.807, 2.05) is 54.7 Å². The predicted molar refractivity (Wildman–Crippen MR) is 108 cm³/mol. The molecule has 0 saturated carbocycles. The van der Waals surface area contributed by atoms with Crippen molar-refractivity contribution in [1.29, 1.82) is 0 Å². The van der Waals surface area contributed by atoms with Gasteiger partial charge in [0.05, 0.1) is 35.7 Å². The smallest absolute Gasteiger partial charge is 0.153 e. The Bertz CT molecular complexity index is 1000. The van der Waals surface area contributed by atoms with E-state index in [9.17, 15) is 0 Å². The number of hydrogen-bond donors (Lipinski definition) is 3. The number of hydrazone groups is 1. The fourth-order valence-corrected chi connectivity index (χ4v) is 2.27. The van der Waals surface area contributed by atoms with E-state index in [4.69, 9.17) is 0 Å². The predicted octanol–water partition coefficient (Wildman–Crippen LogP) is 1.70. The molecule has 9 heteroatoms. The molecular weight excluding hydrogens is 342 g/mol. The van der Waals surface area contributed by atoms with Crippen molar-refractivity contribution < 1.29 is 0 Å². The van der Waals surface area contributed by atoms with Crippen LogP contribution in [-0.4, -0.2) is 35.3 Å². The maximum atomic E-state index is 4.40. The Balaban J connectivity index is 1.66. The molecule has 0 aromatic carbocycles. The minimum Gasteiger partial charge on any atom is -0.337 e. The third-order valence-electron chi connectivity index (χ3n) is 3.48. The lowest BCUT2D eigenvalue weighted by molar-refractivity contribution is 1.11. The molecule has 3 N–H and O–H groups in total. The molecule has 0 fully saturated rings. The van der Waals surface area contributed by atoms with Crippen molar-refractivity contribution in [2.24, 2.45) is 25.5 Å². The highest BCUT2D eigenvalue weighted by Gasteiger charge is 2.04. The van der Waals surface area contributed by atoms with Gasteiger partial charge in [-0.25, -0.2) is 4.98 Å². The van der Waals surface area contributed by atoms with Crippen LogP contribution in [0.4, 0.5) is 5.82 Å². The van der Waals surface area contributed by atoms with Gasteiger partial charge < -0.3 is 10.6 Å². The Labute approximate surface area is 155 Å². The first-order valence-corrected chi connectivity index (χ1v) is 8.14. The number of allylic oxidation sites excluding steroid dienone is 6. The zero-order chi connectivity index (χ0) is 18.3. The van der Waals surface area contributed by atoms with Crippen LogP contribution >= 0.6 is 0 Å². The van der Waals surface area contributed by atoms with E-state index in [0.717, 1.165) is 11.4 Å². The zero-order valence-corrected chi connectivity index (χ0v) is 14.1. The second-order valence-corrected chi connectivity index (χ2v) is 5.49. The number of nitrogens with zero attached hydrogens (tertiary/aromatic N) is 6. The van der Waals surface area contributed by atoms with Gasteiger partial charge in [0.2, 0.25) is 0 Å². The highest BCUT2D eigenvalue weighted by atomic mass is 15.3. The Morgan fingerprint density at radius 1 is 0.741 bits per heavy atom. The highest BCUT2D eigenvalue weighted by molar-refractivity contribution is 6.02. The third-order valence-corrected chi connectivity index (χ3v) is 3.48. The monoisotopic (exact) mass is 357 g/mol. The number of dihydropyridines is 2. The minimum atomic E-state index is 0.587. The molecule has 27 heavy (non-hydrogen) atoms. The first kappa shape index (κ1) is 16.3. The summed E-state index contributed by atoms with van der Waals surface area (Å²) >= 11 is 0. The normalized spacial score (nSPS) is 17.9. The Morgan fingerprint density at radius 3 is 2.22 bits per heavy atom. The summed E-state index contributed by atoms with van der Waals surface area (Å²) in [6.07, 6.45) is 15.9. The molecule has 0 radical (unpaired) electrons. The van der Waals surface area contributed by atoms with Crippen molar-refractivity contribution in [3.05, 3.63) is 71.7 Å². The number of amidine groups is 2. The first-order chi connectivity index (χ1) is 13.3. The van der Waals surface area contributed by atoms with Gasteiger partial charge in [-0.05, 0) is 36.4 Å². The maximum Gasteiger partial charge on any atom is 0.153 e. The average Bonchev–Trinajstić information content (AvgIpc) is 2.69. The van der Waals surface area contributed by atoms with Crippen molar-refractivity contribution >= 4 is 36.1 Å². The molecule has 4 rings (SSSR count). The summed E-state index contributed by atoms with van der Waals surface area (Å²) in [5.74, 6) is 1.78. The van der Waals surface area contributed by atoms with Crippen LogP contribution in [0.5, 0.6) is 0 Å². The highest BCUT2D eigenvalue weighted by Crippen LogP contribution is 2.05.